The van der Waals surface area contributed by atoms with E-state index >= 15 is 0 Å². The Kier molecular flexibility index (Phi) is 3.87. The molecule has 1 heterocycles. The number of carbonyl (C=O) groups excluding carboxylic acids is 1. The first kappa shape index (κ1) is 13.3. The van der Waals surface area contributed by atoms with Crippen LogP contribution in [0.15, 0.2) is 0 Å². The molecule has 1 unspecified atom stereocenters. The van der Waals surface area contributed by atoms with Gasteiger partial charge in [-0.25, -0.2) is 4.79 Å². The first-order valence-electron chi connectivity index (χ1n) is 6.44. The number of piperidine rings is 1. The number of aliphatic carboxylic acids is 1. The smallest absolute Gasteiger partial charge is 0.326 e. The highest BCUT2D eigenvalue weighted by atomic mass is 16.4. The predicted molar refractivity (Wildman–Crippen MR) is 63.9 cm³/mol. The van der Waals surface area contributed by atoms with Gasteiger partial charge in [0.25, 0.3) is 0 Å². The maximum absolute atomic E-state index is 12.0. The molecule has 2 atom stereocenters. The molecule has 1 aliphatic carbocycles. The van der Waals surface area contributed by atoms with Crippen LogP contribution < -0.4 is 10.6 Å². The van der Waals surface area contributed by atoms with E-state index in [9.17, 15) is 9.59 Å². The zero-order valence-electron chi connectivity index (χ0n) is 10.3. The van der Waals surface area contributed by atoms with Crippen molar-refractivity contribution in [3.8, 4) is 0 Å². The first-order valence-corrected chi connectivity index (χ1v) is 6.44. The first-order chi connectivity index (χ1) is 8.59. The van der Waals surface area contributed by atoms with Gasteiger partial charge in [0, 0.05) is 18.9 Å². The summed E-state index contributed by atoms with van der Waals surface area (Å²) in [5.41, 5.74) is 0.109. The number of aliphatic hydroxyl groups excluding tert-OH is 1. The minimum atomic E-state index is -1.09. The second-order valence-electron chi connectivity index (χ2n) is 5.28. The molecule has 0 aromatic heterocycles. The number of aliphatic hydroxyl groups is 1. The second-order valence-corrected chi connectivity index (χ2v) is 5.28. The summed E-state index contributed by atoms with van der Waals surface area (Å²) in [4.78, 5) is 22.9. The molecule has 2 fully saturated rings. The Labute approximate surface area is 106 Å². The standard InChI is InChI=1S/C12H20N2O4/c15-6-1-9(11(17)18)14-10(16)8-7-12(8)2-4-13-5-3-12/h8-9,13,15H,1-7H2,(H,14,16)(H,17,18)/t8?,9-/m0/s1. The van der Waals surface area contributed by atoms with Gasteiger partial charge >= 0.3 is 5.97 Å². The van der Waals surface area contributed by atoms with Crippen LogP contribution in [0.1, 0.15) is 25.7 Å². The van der Waals surface area contributed by atoms with Gasteiger partial charge in [-0.3, -0.25) is 4.79 Å². The molecule has 1 aliphatic heterocycles. The zero-order chi connectivity index (χ0) is 13.2. The van der Waals surface area contributed by atoms with Crippen LogP contribution in [-0.2, 0) is 9.59 Å². The van der Waals surface area contributed by atoms with Gasteiger partial charge in [0.15, 0.2) is 0 Å². The number of hydrogen-bond donors (Lipinski definition) is 4. The minimum absolute atomic E-state index is 0.0415. The number of hydrogen-bond acceptors (Lipinski definition) is 4. The molecule has 0 radical (unpaired) electrons. The number of carboxylic acid groups (broad SMARTS) is 1. The molecule has 1 spiro atoms. The largest absolute Gasteiger partial charge is 0.480 e. The van der Waals surface area contributed by atoms with Crippen LogP contribution in [0, 0.1) is 11.3 Å². The van der Waals surface area contributed by atoms with Crippen molar-refractivity contribution >= 4 is 11.9 Å². The molecule has 102 valence electrons. The Morgan fingerprint density at radius 2 is 2.06 bits per heavy atom. The fraction of sp³-hybridized carbons (Fsp3) is 0.833. The van der Waals surface area contributed by atoms with E-state index in [2.05, 4.69) is 10.6 Å². The molecule has 6 heteroatoms. The molecule has 0 bridgehead atoms. The summed E-state index contributed by atoms with van der Waals surface area (Å²) in [6, 6.07) is -0.970. The van der Waals surface area contributed by atoms with Crippen LogP contribution >= 0.6 is 0 Å². The van der Waals surface area contributed by atoms with Crippen molar-refractivity contribution in [1.82, 2.24) is 10.6 Å². The lowest BCUT2D eigenvalue weighted by atomic mass is 9.91. The molecule has 2 aliphatic rings. The van der Waals surface area contributed by atoms with Crippen molar-refractivity contribution in [2.75, 3.05) is 19.7 Å². The average Bonchev–Trinajstić information content (AvgIpc) is 3.03. The maximum atomic E-state index is 12.0. The lowest BCUT2D eigenvalue weighted by Gasteiger charge is -2.23. The van der Waals surface area contributed by atoms with Gasteiger partial charge in [-0.2, -0.15) is 0 Å². The molecule has 0 aromatic rings. The highest BCUT2D eigenvalue weighted by molar-refractivity contribution is 5.87. The topological polar surface area (TPSA) is 98.7 Å². The van der Waals surface area contributed by atoms with Gasteiger partial charge in [0.1, 0.15) is 6.04 Å². The second kappa shape index (κ2) is 5.24. The van der Waals surface area contributed by atoms with Crippen LogP contribution in [0.4, 0.5) is 0 Å². The highest BCUT2D eigenvalue weighted by Crippen LogP contribution is 2.58. The van der Waals surface area contributed by atoms with E-state index in [-0.39, 0.29) is 30.3 Å². The van der Waals surface area contributed by atoms with E-state index in [4.69, 9.17) is 10.2 Å². The molecule has 1 saturated heterocycles. The van der Waals surface area contributed by atoms with E-state index in [0.717, 1.165) is 32.4 Å². The summed E-state index contributed by atoms with van der Waals surface area (Å²) in [6.45, 7) is 1.63. The minimum Gasteiger partial charge on any atom is -0.480 e. The van der Waals surface area contributed by atoms with Crippen LogP contribution in [0.2, 0.25) is 0 Å². The Hall–Kier alpha value is -1.14. The summed E-state index contributed by atoms with van der Waals surface area (Å²) in [7, 11) is 0. The van der Waals surface area contributed by atoms with Crippen LogP contribution in [-0.4, -0.2) is 47.8 Å². The zero-order valence-corrected chi connectivity index (χ0v) is 10.3. The maximum Gasteiger partial charge on any atom is 0.326 e. The molecular weight excluding hydrogens is 236 g/mol. The van der Waals surface area contributed by atoms with Gasteiger partial charge in [-0.05, 0) is 37.8 Å². The summed E-state index contributed by atoms with van der Waals surface area (Å²) in [5.74, 6) is -1.30. The molecule has 1 amide bonds. The van der Waals surface area contributed by atoms with Crippen LogP contribution in [0.25, 0.3) is 0 Å². The van der Waals surface area contributed by atoms with Crippen molar-refractivity contribution in [3.05, 3.63) is 0 Å². The Balaban J connectivity index is 1.87. The van der Waals surface area contributed by atoms with Crippen molar-refractivity contribution in [2.45, 2.75) is 31.7 Å². The average molecular weight is 256 g/mol. The highest BCUT2D eigenvalue weighted by Gasteiger charge is 2.57. The third-order valence-electron chi connectivity index (χ3n) is 4.14. The van der Waals surface area contributed by atoms with Gasteiger partial charge in [-0.1, -0.05) is 0 Å². The summed E-state index contributed by atoms with van der Waals surface area (Å²) < 4.78 is 0. The van der Waals surface area contributed by atoms with Gasteiger partial charge < -0.3 is 20.8 Å². The van der Waals surface area contributed by atoms with Crippen LogP contribution in [0.3, 0.4) is 0 Å². The normalized spacial score (nSPS) is 26.6. The lowest BCUT2D eigenvalue weighted by molar-refractivity contribution is -0.142. The Morgan fingerprint density at radius 1 is 1.39 bits per heavy atom. The predicted octanol–water partition coefficient (Wildman–Crippen LogP) is -0.672. The van der Waals surface area contributed by atoms with Crippen molar-refractivity contribution < 1.29 is 19.8 Å². The summed E-state index contributed by atoms with van der Waals surface area (Å²) >= 11 is 0. The molecule has 0 aromatic carbocycles. The Bertz CT molecular complexity index is 339. The summed E-state index contributed by atoms with van der Waals surface area (Å²) in [5, 5.41) is 23.5. The summed E-state index contributed by atoms with van der Waals surface area (Å²) in [6.07, 6.45) is 2.90. The third kappa shape index (κ3) is 2.64. The monoisotopic (exact) mass is 256 g/mol. The number of amides is 1. The molecule has 2 rings (SSSR count). The molecule has 1 saturated carbocycles. The van der Waals surface area contributed by atoms with E-state index in [0.29, 0.717) is 0 Å². The quantitative estimate of drug-likeness (QED) is 0.523. The van der Waals surface area contributed by atoms with E-state index in [1.165, 1.54) is 0 Å². The molecular formula is C12H20N2O4. The number of carboxylic acids is 1. The SMILES string of the molecule is O=C(N[C@@H](CCO)C(=O)O)C1CC12CCNCC2. The van der Waals surface area contributed by atoms with Gasteiger partial charge in [0.2, 0.25) is 5.91 Å². The lowest BCUT2D eigenvalue weighted by Crippen LogP contribution is -2.43. The fourth-order valence-corrected chi connectivity index (χ4v) is 2.85. The van der Waals surface area contributed by atoms with Gasteiger partial charge in [0.05, 0.1) is 0 Å². The molecule has 18 heavy (non-hydrogen) atoms. The fourth-order valence-electron chi connectivity index (χ4n) is 2.85. The number of rotatable bonds is 5. The van der Waals surface area contributed by atoms with Crippen molar-refractivity contribution in [3.63, 3.8) is 0 Å². The van der Waals surface area contributed by atoms with Crippen LogP contribution in [0.5, 0.6) is 0 Å². The van der Waals surface area contributed by atoms with E-state index < -0.39 is 12.0 Å². The number of nitrogens with one attached hydrogen (secondary N) is 2. The van der Waals surface area contributed by atoms with E-state index in [1.807, 2.05) is 0 Å². The molecule has 6 nitrogen and oxygen atoms in total. The third-order valence-corrected chi connectivity index (χ3v) is 4.14. The van der Waals surface area contributed by atoms with E-state index in [1.54, 1.807) is 0 Å². The van der Waals surface area contributed by atoms with Gasteiger partial charge in [-0.15, -0.1) is 0 Å². The Morgan fingerprint density at radius 3 is 2.61 bits per heavy atom. The molecule has 4 N–H and O–H groups in total. The van der Waals surface area contributed by atoms with Crippen molar-refractivity contribution in [2.24, 2.45) is 11.3 Å². The van der Waals surface area contributed by atoms with Crippen molar-refractivity contribution in [1.29, 1.82) is 0 Å². The number of carbonyl (C=O) groups is 2.